The van der Waals surface area contributed by atoms with Gasteiger partial charge in [0.1, 0.15) is 0 Å². The Labute approximate surface area is 148 Å². The number of hydrogen-bond acceptors (Lipinski definition) is 4. The fourth-order valence-electron chi connectivity index (χ4n) is 3.34. The van der Waals surface area contributed by atoms with E-state index in [4.69, 9.17) is 9.47 Å². The van der Waals surface area contributed by atoms with Gasteiger partial charge in [-0.05, 0) is 43.9 Å². The van der Waals surface area contributed by atoms with Gasteiger partial charge < -0.3 is 19.9 Å². The molecular formula is C19H27NO5. The number of carboxylic acid groups (broad SMARTS) is 1. The van der Waals surface area contributed by atoms with Crippen molar-refractivity contribution < 1.29 is 24.2 Å². The third kappa shape index (κ3) is 5.11. The van der Waals surface area contributed by atoms with Crippen molar-refractivity contribution >= 4 is 11.9 Å². The van der Waals surface area contributed by atoms with Crippen LogP contribution in [0.1, 0.15) is 38.2 Å². The lowest BCUT2D eigenvalue weighted by molar-refractivity contribution is -0.148. The number of aliphatic carboxylic acids is 1. The summed E-state index contributed by atoms with van der Waals surface area (Å²) in [6, 6.07) is 5.71. The van der Waals surface area contributed by atoms with Crippen molar-refractivity contribution in [3.8, 4) is 11.5 Å². The molecule has 6 heteroatoms. The third-order valence-corrected chi connectivity index (χ3v) is 4.66. The summed E-state index contributed by atoms with van der Waals surface area (Å²) in [7, 11) is 1.60. The van der Waals surface area contributed by atoms with Gasteiger partial charge >= 0.3 is 5.97 Å². The Morgan fingerprint density at radius 1 is 1.20 bits per heavy atom. The van der Waals surface area contributed by atoms with Crippen molar-refractivity contribution in [2.75, 3.05) is 20.3 Å². The summed E-state index contributed by atoms with van der Waals surface area (Å²) >= 11 is 0. The summed E-state index contributed by atoms with van der Waals surface area (Å²) in [6.45, 7) is 2.95. The second kappa shape index (κ2) is 9.30. The molecule has 0 radical (unpaired) electrons. The van der Waals surface area contributed by atoms with Crippen LogP contribution < -0.4 is 14.8 Å². The van der Waals surface area contributed by atoms with E-state index in [1.165, 1.54) is 0 Å². The van der Waals surface area contributed by atoms with E-state index >= 15 is 0 Å². The van der Waals surface area contributed by atoms with Crippen molar-refractivity contribution in [1.29, 1.82) is 0 Å². The second-order valence-electron chi connectivity index (χ2n) is 6.29. The molecule has 1 aliphatic carbocycles. The average Bonchev–Trinajstić information content (AvgIpc) is 2.62. The molecule has 1 aromatic rings. The predicted molar refractivity (Wildman–Crippen MR) is 94.0 cm³/mol. The highest BCUT2D eigenvalue weighted by atomic mass is 16.5. The van der Waals surface area contributed by atoms with Crippen LogP contribution in [-0.2, 0) is 16.0 Å². The summed E-state index contributed by atoms with van der Waals surface area (Å²) in [4.78, 5) is 23.7. The average molecular weight is 349 g/mol. The van der Waals surface area contributed by atoms with Gasteiger partial charge in [-0.1, -0.05) is 18.9 Å². The standard InChI is InChI=1S/C19H27NO5/c1-3-25-16-9-8-13(12-17(16)24-2)10-11-20-18(21)14-6-4-5-7-15(14)19(22)23/h8-9,12,14-15H,3-7,10-11H2,1-2H3,(H,20,21)(H,22,23). The lowest BCUT2D eigenvalue weighted by Crippen LogP contribution is -2.40. The molecule has 1 saturated carbocycles. The Kier molecular flexibility index (Phi) is 7.10. The molecule has 0 bridgehead atoms. The zero-order valence-electron chi connectivity index (χ0n) is 14.9. The molecule has 0 spiro atoms. The number of carbonyl (C=O) groups is 2. The Hall–Kier alpha value is -2.24. The summed E-state index contributed by atoms with van der Waals surface area (Å²) in [6.07, 6.45) is 3.69. The zero-order valence-corrected chi connectivity index (χ0v) is 14.9. The second-order valence-corrected chi connectivity index (χ2v) is 6.29. The largest absolute Gasteiger partial charge is 0.493 e. The van der Waals surface area contributed by atoms with Crippen molar-refractivity contribution in [2.24, 2.45) is 11.8 Å². The minimum absolute atomic E-state index is 0.148. The predicted octanol–water partition coefficient (Wildman–Crippen LogP) is 2.64. The lowest BCUT2D eigenvalue weighted by Gasteiger charge is -2.27. The summed E-state index contributed by atoms with van der Waals surface area (Å²) < 4.78 is 10.8. The fraction of sp³-hybridized carbons (Fsp3) is 0.579. The van der Waals surface area contributed by atoms with Gasteiger partial charge in [-0.3, -0.25) is 9.59 Å². The first-order chi connectivity index (χ1) is 12.1. The summed E-state index contributed by atoms with van der Waals surface area (Å²) in [5.41, 5.74) is 1.03. The number of benzene rings is 1. The maximum absolute atomic E-state index is 12.3. The van der Waals surface area contributed by atoms with Crippen molar-refractivity contribution in [3.05, 3.63) is 23.8 Å². The van der Waals surface area contributed by atoms with Crippen LogP contribution in [0.5, 0.6) is 11.5 Å². The number of carboxylic acids is 1. The van der Waals surface area contributed by atoms with E-state index in [-0.39, 0.29) is 5.91 Å². The number of ether oxygens (including phenoxy) is 2. The van der Waals surface area contributed by atoms with Crippen LogP contribution in [0.4, 0.5) is 0 Å². The molecule has 1 fully saturated rings. The third-order valence-electron chi connectivity index (χ3n) is 4.66. The van der Waals surface area contributed by atoms with Gasteiger partial charge in [0.2, 0.25) is 5.91 Å². The molecule has 1 amide bonds. The van der Waals surface area contributed by atoms with E-state index in [2.05, 4.69) is 5.32 Å². The fourth-order valence-corrected chi connectivity index (χ4v) is 3.34. The SMILES string of the molecule is CCOc1ccc(CCNC(=O)C2CCCCC2C(=O)O)cc1OC. The quantitative estimate of drug-likeness (QED) is 0.754. The van der Waals surface area contributed by atoms with Gasteiger partial charge in [-0.15, -0.1) is 0 Å². The first-order valence-electron chi connectivity index (χ1n) is 8.87. The van der Waals surface area contributed by atoms with Crippen molar-refractivity contribution in [1.82, 2.24) is 5.32 Å². The number of carbonyl (C=O) groups excluding carboxylic acids is 1. The Morgan fingerprint density at radius 3 is 2.56 bits per heavy atom. The van der Waals surface area contributed by atoms with Crippen molar-refractivity contribution in [3.63, 3.8) is 0 Å². The van der Waals surface area contributed by atoms with Crippen molar-refractivity contribution in [2.45, 2.75) is 39.0 Å². The van der Waals surface area contributed by atoms with E-state index in [0.717, 1.165) is 18.4 Å². The van der Waals surface area contributed by atoms with Gasteiger partial charge in [-0.25, -0.2) is 0 Å². The van der Waals surface area contributed by atoms with Gasteiger partial charge in [0.15, 0.2) is 11.5 Å². The summed E-state index contributed by atoms with van der Waals surface area (Å²) in [5.74, 6) is -0.616. The lowest BCUT2D eigenvalue weighted by atomic mass is 9.78. The van der Waals surface area contributed by atoms with E-state index in [1.54, 1.807) is 7.11 Å². The molecule has 6 nitrogen and oxygen atoms in total. The normalized spacial score (nSPS) is 19.9. The molecule has 138 valence electrons. The molecule has 0 saturated heterocycles. The highest BCUT2D eigenvalue weighted by Crippen LogP contribution is 2.30. The topological polar surface area (TPSA) is 84.9 Å². The minimum atomic E-state index is -0.865. The van der Waals surface area contributed by atoms with Gasteiger partial charge in [0, 0.05) is 6.54 Å². The monoisotopic (exact) mass is 349 g/mol. The first kappa shape index (κ1) is 19.1. The van der Waals surface area contributed by atoms with E-state index in [1.807, 2.05) is 25.1 Å². The maximum Gasteiger partial charge on any atom is 0.307 e. The molecule has 2 rings (SSSR count). The summed E-state index contributed by atoms with van der Waals surface area (Å²) in [5, 5.41) is 12.2. The molecule has 2 unspecified atom stereocenters. The van der Waals surface area contributed by atoms with E-state index in [9.17, 15) is 14.7 Å². The minimum Gasteiger partial charge on any atom is -0.493 e. The smallest absolute Gasteiger partial charge is 0.307 e. The van der Waals surface area contributed by atoms with Crippen LogP contribution in [0.2, 0.25) is 0 Å². The first-order valence-corrected chi connectivity index (χ1v) is 8.87. The Bertz CT molecular complexity index is 601. The Morgan fingerprint density at radius 2 is 1.92 bits per heavy atom. The highest BCUT2D eigenvalue weighted by Gasteiger charge is 2.35. The molecule has 1 aromatic carbocycles. The van der Waals surface area contributed by atoms with Gasteiger partial charge in [-0.2, -0.15) is 0 Å². The van der Waals surface area contributed by atoms with Gasteiger partial charge in [0.25, 0.3) is 0 Å². The molecular weight excluding hydrogens is 322 g/mol. The van der Waals surface area contributed by atoms with Crippen LogP contribution in [0.15, 0.2) is 18.2 Å². The number of hydrogen-bond donors (Lipinski definition) is 2. The number of rotatable bonds is 8. The number of nitrogens with one attached hydrogen (secondary N) is 1. The number of methoxy groups -OCH3 is 1. The Balaban J connectivity index is 1.89. The molecule has 25 heavy (non-hydrogen) atoms. The van der Waals surface area contributed by atoms with Crippen LogP contribution in [0.3, 0.4) is 0 Å². The van der Waals surface area contributed by atoms with Crippen LogP contribution in [0.25, 0.3) is 0 Å². The highest BCUT2D eigenvalue weighted by molar-refractivity contribution is 5.84. The van der Waals surface area contributed by atoms with Crippen LogP contribution >= 0.6 is 0 Å². The van der Waals surface area contributed by atoms with E-state index < -0.39 is 17.8 Å². The van der Waals surface area contributed by atoms with Crippen LogP contribution in [-0.4, -0.2) is 37.2 Å². The molecule has 1 aliphatic rings. The maximum atomic E-state index is 12.3. The zero-order chi connectivity index (χ0) is 18.2. The molecule has 0 heterocycles. The molecule has 2 N–H and O–H groups in total. The van der Waals surface area contributed by atoms with E-state index in [0.29, 0.717) is 43.9 Å². The number of amides is 1. The molecule has 0 aromatic heterocycles. The molecule has 0 aliphatic heterocycles. The molecule has 2 atom stereocenters. The van der Waals surface area contributed by atoms with Gasteiger partial charge in [0.05, 0.1) is 25.6 Å². The van der Waals surface area contributed by atoms with Crippen LogP contribution in [0, 0.1) is 11.8 Å².